The Bertz CT molecular complexity index is 934. The van der Waals surface area contributed by atoms with Crippen LogP contribution in [0, 0.1) is 5.41 Å². The molecule has 1 N–H and O–H groups in total. The van der Waals surface area contributed by atoms with E-state index in [4.69, 9.17) is 11.6 Å². The van der Waals surface area contributed by atoms with Crippen molar-refractivity contribution in [3.8, 4) is 0 Å². The molecule has 0 saturated carbocycles. The minimum absolute atomic E-state index is 0.0191. The number of amides is 1. The topological polar surface area (TPSA) is 66.5 Å². The predicted octanol–water partition coefficient (Wildman–Crippen LogP) is 4.87. The maximum atomic E-state index is 13.3. The first kappa shape index (κ1) is 23.2. The van der Waals surface area contributed by atoms with Gasteiger partial charge in [0.2, 0.25) is 5.91 Å². The Morgan fingerprint density at radius 1 is 0.966 bits per heavy atom. The van der Waals surface area contributed by atoms with E-state index in [0.717, 1.165) is 10.7 Å². The largest absolute Gasteiger partial charge is 0.350 e. The highest BCUT2D eigenvalue weighted by atomic mass is 35.5. The van der Waals surface area contributed by atoms with Gasteiger partial charge < -0.3 is 5.32 Å². The minimum atomic E-state index is -3.94. The summed E-state index contributed by atoms with van der Waals surface area (Å²) < 4.78 is 27.7. The van der Waals surface area contributed by atoms with Crippen molar-refractivity contribution in [3.05, 3.63) is 59.6 Å². The molecule has 2 rings (SSSR count). The number of para-hydroxylation sites is 1. The molecule has 7 heteroatoms. The van der Waals surface area contributed by atoms with E-state index in [9.17, 15) is 13.2 Å². The molecule has 0 atom stereocenters. The summed E-state index contributed by atoms with van der Waals surface area (Å²) in [6.07, 6.45) is 0.751. The summed E-state index contributed by atoms with van der Waals surface area (Å²) >= 11 is 5.90. The van der Waals surface area contributed by atoms with Gasteiger partial charge in [-0.3, -0.25) is 9.10 Å². The monoisotopic (exact) mass is 436 g/mol. The van der Waals surface area contributed by atoms with Crippen LogP contribution in [0.4, 0.5) is 5.69 Å². The van der Waals surface area contributed by atoms with Crippen LogP contribution < -0.4 is 9.62 Å². The highest BCUT2D eigenvalue weighted by Gasteiger charge is 2.31. The SMILES string of the molecule is CC(C)(C)CC(C)(C)NC(=O)CN(c1ccccc1)S(=O)(=O)c1ccc(Cl)cc1. The number of rotatable bonds is 7. The van der Waals surface area contributed by atoms with Crippen LogP contribution in [0.1, 0.15) is 41.0 Å². The molecule has 158 valence electrons. The summed E-state index contributed by atoms with van der Waals surface area (Å²) in [6.45, 7) is 9.86. The van der Waals surface area contributed by atoms with Crippen LogP contribution in [-0.4, -0.2) is 26.4 Å². The van der Waals surface area contributed by atoms with E-state index in [0.29, 0.717) is 10.7 Å². The van der Waals surface area contributed by atoms with E-state index < -0.39 is 15.6 Å². The van der Waals surface area contributed by atoms with Gasteiger partial charge in [0.25, 0.3) is 10.0 Å². The maximum Gasteiger partial charge on any atom is 0.264 e. The molecule has 0 aliphatic heterocycles. The smallest absolute Gasteiger partial charge is 0.264 e. The second-order valence-corrected chi connectivity index (χ2v) is 11.3. The molecule has 5 nitrogen and oxygen atoms in total. The van der Waals surface area contributed by atoms with Gasteiger partial charge in [-0.1, -0.05) is 50.6 Å². The number of benzene rings is 2. The third-order valence-electron chi connectivity index (χ3n) is 4.18. The van der Waals surface area contributed by atoms with Gasteiger partial charge in [-0.05, 0) is 62.1 Å². The number of carbonyl (C=O) groups is 1. The molecule has 0 bridgehead atoms. The van der Waals surface area contributed by atoms with Crippen LogP contribution in [-0.2, 0) is 14.8 Å². The van der Waals surface area contributed by atoms with E-state index in [-0.39, 0.29) is 22.8 Å². The third kappa shape index (κ3) is 6.75. The van der Waals surface area contributed by atoms with Crippen LogP contribution in [0.25, 0.3) is 0 Å². The number of halogens is 1. The predicted molar refractivity (Wildman–Crippen MR) is 119 cm³/mol. The lowest BCUT2D eigenvalue weighted by Crippen LogP contribution is -2.50. The first-order valence-electron chi connectivity index (χ1n) is 9.45. The van der Waals surface area contributed by atoms with Crippen LogP contribution in [0.15, 0.2) is 59.5 Å². The molecule has 2 aromatic rings. The van der Waals surface area contributed by atoms with Crippen molar-refractivity contribution < 1.29 is 13.2 Å². The molecule has 0 spiro atoms. The first-order valence-corrected chi connectivity index (χ1v) is 11.3. The van der Waals surface area contributed by atoms with Crippen molar-refractivity contribution in [2.24, 2.45) is 5.41 Å². The molecule has 0 heterocycles. The number of nitrogens with zero attached hydrogens (tertiary/aromatic N) is 1. The lowest BCUT2D eigenvalue weighted by atomic mass is 9.82. The van der Waals surface area contributed by atoms with E-state index in [1.807, 2.05) is 13.8 Å². The van der Waals surface area contributed by atoms with Gasteiger partial charge in [-0.25, -0.2) is 8.42 Å². The van der Waals surface area contributed by atoms with Crippen LogP contribution in [0.2, 0.25) is 5.02 Å². The fraction of sp³-hybridized carbons (Fsp3) is 0.409. The van der Waals surface area contributed by atoms with Crippen molar-refractivity contribution in [2.45, 2.75) is 51.5 Å². The third-order valence-corrected chi connectivity index (χ3v) is 6.22. The van der Waals surface area contributed by atoms with Crippen molar-refractivity contribution >= 4 is 33.2 Å². The van der Waals surface area contributed by atoms with Crippen molar-refractivity contribution in [1.29, 1.82) is 0 Å². The number of nitrogens with one attached hydrogen (secondary N) is 1. The lowest BCUT2D eigenvalue weighted by molar-refractivity contribution is -0.121. The van der Waals surface area contributed by atoms with Gasteiger partial charge in [-0.2, -0.15) is 0 Å². The molecule has 29 heavy (non-hydrogen) atoms. The Hall–Kier alpha value is -2.05. The summed E-state index contributed by atoms with van der Waals surface area (Å²) in [5.41, 5.74) is -0.0290. The van der Waals surface area contributed by atoms with Crippen LogP contribution in [0.3, 0.4) is 0 Å². The first-order chi connectivity index (χ1) is 13.3. The fourth-order valence-corrected chi connectivity index (χ4v) is 5.11. The zero-order chi connectivity index (χ0) is 21.9. The molecule has 0 radical (unpaired) electrons. The van der Waals surface area contributed by atoms with Gasteiger partial charge in [-0.15, -0.1) is 0 Å². The summed E-state index contributed by atoms with van der Waals surface area (Å²) in [6, 6.07) is 14.5. The molecule has 0 unspecified atom stereocenters. The van der Waals surface area contributed by atoms with Crippen molar-refractivity contribution in [1.82, 2.24) is 5.32 Å². The van der Waals surface area contributed by atoms with Gasteiger partial charge in [0.05, 0.1) is 10.6 Å². The highest BCUT2D eigenvalue weighted by Crippen LogP contribution is 2.28. The van der Waals surface area contributed by atoms with Gasteiger partial charge in [0.15, 0.2) is 0 Å². The molecule has 2 aromatic carbocycles. The highest BCUT2D eigenvalue weighted by molar-refractivity contribution is 7.92. The Labute approximate surface area is 179 Å². The molecule has 0 aliphatic carbocycles. The summed E-state index contributed by atoms with van der Waals surface area (Å²) in [5.74, 6) is -0.361. The van der Waals surface area contributed by atoms with Crippen molar-refractivity contribution in [2.75, 3.05) is 10.8 Å². The minimum Gasteiger partial charge on any atom is -0.350 e. The normalized spacial score (nSPS) is 12.5. The Morgan fingerprint density at radius 2 is 1.52 bits per heavy atom. The molecule has 0 saturated heterocycles. The Balaban J connectivity index is 2.33. The van der Waals surface area contributed by atoms with Gasteiger partial charge in [0.1, 0.15) is 6.54 Å². The van der Waals surface area contributed by atoms with Gasteiger partial charge >= 0.3 is 0 Å². The summed E-state index contributed by atoms with van der Waals surface area (Å²) in [4.78, 5) is 12.9. The Kier molecular flexibility index (Phi) is 7.01. The number of hydrogen-bond donors (Lipinski definition) is 1. The van der Waals surface area contributed by atoms with Crippen LogP contribution >= 0.6 is 11.6 Å². The zero-order valence-corrected chi connectivity index (χ0v) is 19.1. The second kappa shape index (κ2) is 8.76. The molecule has 1 amide bonds. The molecule has 0 aliphatic rings. The van der Waals surface area contributed by atoms with E-state index in [1.165, 1.54) is 24.3 Å². The second-order valence-electron chi connectivity index (χ2n) is 8.97. The summed E-state index contributed by atoms with van der Waals surface area (Å²) in [5, 5.41) is 3.42. The Morgan fingerprint density at radius 3 is 2.03 bits per heavy atom. The lowest BCUT2D eigenvalue weighted by Gasteiger charge is -2.34. The van der Waals surface area contributed by atoms with Crippen molar-refractivity contribution in [3.63, 3.8) is 0 Å². The van der Waals surface area contributed by atoms with E-state index in [1.54, 1.807) is 30.3 Å². The standard InChI is InChI=1S/C22H29ClN2O3S/c1-21(2,3)16-22(4,5)24-20(26)15-25(18-9-7-6-8-10-18)29(27,28)19-13-11-17(23)12-14-19/h6-14H,15-16H2,1-5H3,(H,24,26). The number of sulfonamides is 1. The molecular weight excluding hydrogens is 408 g/mol. The average molecular weight is 437 g/mol. The number of anilines is 1. The molecule has 0 fully saturated rings. The summed E-state index contributed by atoms with van der Waals surface area (Å²) in [7, 11) is -3.94. The maximum absolute atomic E-state index is 13.3. The van der Waals surface area contributed by atoms with Gasteiger partial charge in [0, 0.05) is 10.6 Å². The van der Waals surface area contributed by atoms with E-state index >= 15 is 0 Å². The zero-order valence-electron chi connectivity index (χ0n) is 17.6. The quantitative estimate of drug-likeness (QED) is 0.673. The molecule has 0 aromatic heterocycles. The van der Waals surface area contributed by atoms with Crippen LogP contribution in [0.5, 0.6) is 0 Å². The molecular formula is C22H29ClN2O3S. The average Bonchev–Trinajstić information content (AvgIpc) is 2.58. The number of hydrogen-bond acceptors (Lipinski definition) is 3. The fourth-order valence-electron chi connectivity index (χ4n) is 3.56. The number of carbonyl (C=O) groups excluding carboxylic acids is 1. The van der Waals surface area contributed by atoms with E-state index in [2.05, 4.69) is 26.1 Å².